The fraction of sp³-hybridized carbons (Fsp3) is 0.556. The standard InChI is InChI=1S/C9H15NO2/c1-2-3-4-5-6-9(12)10-7-8-11/h2,8H,1,3-7H2,(H,10,12). The average Bonchev–Trinajstić information content (AvgIpc) is 2.09. The van der Waals surface area contributed by atoms with Crippen molar-refractivity contribution in [3.63, 3.8) is 0 Å². The zero-order chi connectivity index (χ0) is 9.23. The molecule has 0 aromatic heterocycles. The monoisotopic (exact) mass is 169 g/mol. The van der Waals surface area contributed by atoms with E-state index in [1.165, 1.54) is 0 Å². The molecule has 0 aromatic carbocycles. The summed E-state index contributed by atoms with van der Waals surface area (Å²) < 4.78 is 0. The zero-order valence-electron chi connectivity index (χ0n) is 7.21. The number of unbranched alkanes of at least 4 members (excludes halogenated alkanes) is 2. The molecule has 0 aromatic rings. The van der Waals surface area contributed by atoms with Crippen molar-refractivity contribution in [2.24, 2.45) is 0 Å². The summed E-state index contributed by atoms with van der Waals surface area (Å²) in [4.78, 5) is 20.7. The highest BCUT2D eigenvalue weighted by atomic mass is 16.2. The molecule has 0 aliphatic carbocycles. The number of carbonyl (C=O) groups is 2. The van der Waals surface area contributed by atoms with Crippen molar-refractivity contribution in [2.75, 3.05) is 6.54 Å². The van der Waals surface area contributed by atoms with Crippen LogP contribution in [0.25, 0.3) is 0 Å². The van der Waals surface area contributed by atoms with Gasteiger partial charge < -0.3 is 10.1 Å². The quantitative estimate of drug-likeness (QED) is 0.352. The molecule has 0 aliphatic heterocycles. The summed E-state index contributed by atoms with van der Waals surface area (Å²) in [5, 5.41) is 2.48. The van der Waals surface area contributed by atoms with E-state index in [2.05, 4.69) is 11.9 Å². The number of aldehydes is 1. The smallest absolute Gasteiger partial charge is 0.220 e. The zero-order valence-corrected chi connectivity index (χ0v) is 7.21. The van der Waals surface area contributed by atoms with Crippen LogP contribution in [0, 0.1) is 0 Å². The van der Waals surface area contributed by atoms with Crippen LogP contribution in [0.15, 0.2) is 12.7 Å². The molecular weight excluding hydrogens is 154 g/mol. The summed E-state index contributed by atoms with van der Waals surface area (Å²) >= 11 is 0. The van der Waals surface area contributed by atoms with Gasteiger partial charge in [0, 0.05) is 6.42 Å². The second-order valence-corrected chi connectivity index (χ2v) is 2.51. The Labute approximate surface area is 72.8 Å². The number of amides is 1. The number of rotatable bonds is 7. The second-order valence-electron chi connectivity index (χ2n) is 2.51. The van der Waals surface area contributed by atoms with Gasteiger partial charge in [0.1, 0.15) is 6.29 Å². The van der Waals surface area contributed by atoms with Crippen LogP contribution in [0.1, 0.15) is 25.7 Å². The number of carbonyl (C=O) groups excluding carboxylic acids is 2. The Balaban J connectivity index is 3.19. The Hall–Kier alpha value is -1.12. The highest BCUT2D eigenvalue weighted by Crippen LogP contribution is 1.99. The van der Waals surface area contributed by atoms with E-state index in [1.807, 2.05) is 6.08 Å². The minimum atomic E-state index is -0.0498. The van der Waals surface area contributed by atoms with Crippen LogP contribution < -0.4 is 5.32 Å². The van der Waals surface area contributed by atoms with E-state index in [-0.39, 0.29) is 12.5 Å². The largest absolute Gasteiger partial charge is 0.349 e. The van der Waals surface area contributed by atoms with Crippen LogP contribution in [0.3, 0.4) is 0 Å². The summed E-state index contributed by atoms with van der Waals surface area (Å²) in [5.74, 6) is -0.0498. The van der Waals surface area contributed by atoms with Crippen LogP contribution in [-0.4, -0.2) is 18.7 Å². The van der Waals surface area contributed by atoms with Crippen LogP contribution >= 0.6 is 0 Å². The average molecular weight is 169 g/mol. The minimum Gasteiger partial charge on any atom is -0.349 e. The first-order valence-electron chi connectivity index (χ1n) is 4.12. The van der Waals surface area contributed by atoms with E-state index in [9.17, 15) is 9.59 Å². The minimum absolute atomic E-state index is 0.0498. The van der Waals surface area contributed by atoms with Crippen molar-refractivity contribution in [3.8, 4) is 0 Å². The molecule has 0 heterocycles. The van der Waals surface area contributed by atoms with E-state index in [1.54, 1.807) is 0 Å². The van der Waals surface area contributed by atoms with Crippen molar-refractivity contribution < 1.29 is 9.59 Å². The first kappa shape index (κ1) is 10.9. The molecule has 0 bridgehead atoms. The summed E-state index contributed by atoms with van der Waals surface area (Å²) in [5.41, 5.74) is 0. The second kappa shape index (κ2) is 7.98. The molecule has 12 heavy (non-hydrogen) atoms. The molecule has 1 amide bonds. The van der Waals surface area contributed by atoms with Gasteiger partial charge in [0.05, 0.1) is 6.54 Å². The van der Waals surface area contributed by atoms with Crippen molar-refractivity contribution in [2.45, 2.75) is 25.7 Å². The molecule has 68 valence electrons. The maximum Gasteiger partial charge on any atom is 0.220 e. The Morgan fingerprint density at radius 2 is 2.17 bits per heavy atom. The molecule has 0 saturated carbocycles. The molecule has 0 radical (unpaired) electrons. The lowest BCUT2D eigenvalue weighted by Crippen LogP contribution is -2.24. The van der Waals surface area contributed by atoms with Gasteiger partial charge in [0.2, 0.25) is 5.91 Å². The van der Waals surface area contributed by atoms with Gasteiger partial charge in [0.15, 0.2) is 0 Å². The van der Waals surface area contributed by atoms with Gasteiger partial charge in [-0.2, -0.15) is 0 Å². The SMILES string of the molecule is C=CCCCCC(=O)NCC=O. The summed E-state index contributed by atoms with van der Waals surface area (Å²) in [6.07, 6.45) is 5.81. The summed E-state index contributed by atoms with van der Waals surface area (Å²) in [6.45, 7) is 3.71. The third-order valence-corrected chi connectivity index (χ3v) is 1.44. The lowest BCUT2D eigenvalue weighted by Gasteiger charge is -1.99. The maximum atomic E-state index is 10.9. The highest BCUT2D eigenvalue weighted by Gasteiger charge is 1.97. The first-order chi connectivity index (χ1) is 5.81. The number of hydrogen-bond acceptors (Lipinski definition) is 2. The molecule has 0 rings (SSSR count). The van der Waals surface area contributed by atoms with E-state index in [4.69, 9.17) is 0 Å². The Kier molecular flexibility index (Phi) is 7.24. The third-order valence-electron chi connectivity index (χ3n) is 1.44. The van der Waals surface area contributed by atoms with Gasteiger partial charge in [-0.15, -0.1) is 6.58 Å². The topological polar surface area (TPSA) is 46.2 Å². The predicted molar refractivity (Wildman–Crippen MR) is 47.7 cm³/mol. The summed E-state index contributed by atoms with van der Waals surface area (Å²) in [6, 6.07) is 0. The molecular formula is C9H15NO2. The molecule has 3 heteroatoms. The molecule has 0 spiro atoms. The normalized spacial score (nSPS) is 9.00. The van der Waals surface area contributed by atoms with Gasteiger partial charge >= 0.3 is 0 Å². The van der Waals surface area contributed by atoms with Crippen LogP contribution in [0.2, 0.25) is 0 Å². The van der Waals surface area contributed by atoms with Crippen molar-refractivity contribution in [3.05, 3.63) is 12.7 Å². The fourth-order valence-electron chi connectivity index (χ4n) is 0.818. The fourth-order valence-corrected chi connectivity index (χ4v) is 0.818. The van der Waals surface area contributed by atoms with Crippen molar-refractivity contribution in [1.29, 1.82) is 0 Å². The Morgan fingerprint density at radius 3 is 2.75 bits per heavy atom. The van der Waals surface area contributed by atoms with Gasteiger partial charge in [-0.3, -0.25) is 4.79 Å². The van der Waals surface area contributed by atoms with Crippen molar-refractivity contribution >= 4 is 12.2 Å². The number of hydrogen-bond donors (Lipinski definition) is 1. The van der Waals surface area contributed by atoms with E-state index in [0.717, 1.165) is 19.3 Å². The lowest BCUT2D eigenvalue weighted by atomic mass is 10.2. The molecule has 3 nitrogen and oxygen atoms in total. The number of nitrogens with one attached hydrogen (secondary N) is 1. The maximum absolute atomic E-state index is 10.9. The van der Waals surface area contributed by atoms with Gasteiger partial charge in [-0.1, -0.05) is 6.08 Å². The van der Waals surface area contributed by atoms with Crippen LogP contribution in [-0.2, 0) is 9.59 Å². The van der Waals surface area contributed by atoms with Crippen LogP contribution in [0.5, 0.6) is 0 Å². The van der Waals surface area contributed by atoms with E-state index in [0.29, 0.717) is 12.7 Å². The molecule has 1 N–H and O–H groups in total. The predicted octanol–water partition coefficient (Wildman–Crippen LogP) is 1.05. The Bertz CT molecular complexity index is 155. The van der Waals surface area contributed by atoms with Crippen LogP contribution in [0.4, 0.5) is 0 Å². The highest BCUT2D eigenvalue weighted by molar-refractivity contribution is 5.78. The molecule has 0 atom stereocenters. The third kappa shape index (κ3) is 6.99. The van der Waals surface area contributed by atoms with E-state index >= 15 is 0 Å². The number of allylic oxidation sites excluding steroid dienone is 1. The molecule has 0 unspecified atom stereocenters. The Morgan fingerprint density at radius 1 is 1.42 bits per heavy atom. The molecule has 0 aliphatic rings. The molecule has 0 saturated heterocycles. The summed E-state index contributed by atoms with van der Waals surface area (Å²) in [7, 11) is 0. The van der Waals surface area contributed by atoms with Crippen molar-refractivity contribution in [1.82, 2.24) is 5.32 Å². The van der Waals surface area contributed by atoms with Gasteiger partial charge in [0.25, 0.3) is 0 Å². The van der Waals surface area contributed by atoms with Gasteiger partial charge in [-0.05, 0) is 19.3 Å². The first-order valence-corrected chi connectivity index (χ1v) is 4.12. The lowest BCUT2D eigenvalue weighted by molar-refractivity contribution is -0.122. The molecule has 0 fully saturated rings. The van der Waals surface area contributed by atoms with Gasteiger partial charge in [-0.25, -0.2) is 0 Å². The van der Waals surface area contributed by atoms with E-state index < -0.39 is 0 Å².